The zero-order valence-electron chi connectivity index (χ0n) is 18.6. The number of nitrogens with zero attached hydrogens (tertiary/aromatic N) is 3. The molecule has 3 aromatic carbocycles. The Morgan fingerprint density at radius 2 is 1.59 bits per heavy atom. The van der Waals surface area contributed by atoms with E-state index in [1.807, 2.05) is 90.5 Å². The second kappa shape index (κ2) is 9.11. The molecule has 34 heavy (non-hydrogen) atoms. The van der Waals surface area contributed by atoms with Crippen molar-refractivity contribution in [2.24, 2.45) is 7.05 Å². The Kier molecular flexibility index (Phi) is 5.70. The Balaban J connectivity index is 1.30. The summed E-state index contributed by atoms with van der Waals surface area (Å²) in [6, 6.07) is 24.6. The van der Waals surface area contributed by atoms with Crippen LogP contribution in [0.5, 0.6) is 5.75 Å². The number of carbonyl (C=O) groups excluding carboxylic acids is 2. The summed E-state index contributed by atoms with van der Waals surface area (Å²) in [6.07, 6.45) is 1.74. The van der Waals surface area contributed by atoms with Gasteiger partial charge >= 0.3 is 0 Å². The van der Waals surface area contributed by atoms with Gasteiger partial charge in [0, 0.05) is 24.1 Å². The van der Waals surface area contributed by atoms with Crippen LogP contribution in [-0.4, -0.2) is 25.9 Å². The van der Waals surface area contributed by atoms with E-state index in [9.17, 15) is 9.59 Å². The fraction of sp³-hybridized carbons (Fsp3) is 0.115. The number of benzene rings is 3. The fourth-order valence-corrected chi connectivity index (χ4v) is 3.98. The number of aryl methyl sites for hydroxylation is 1. The summed E-state index contributed by atoms with van der Waals surface area (Å²) < 4.78 is 9.52. The van der Waals surface area contributed by atoms with E-state index in [1.165, 1.54) is 0 Å². The summed E-state index contributed by atoms with van der Waals surface area (Å²) in [4.78, 5) is 30.1. The highest BCUT2D eigenvalue weighted by Crippen LogP contribution is 2.20. The van der Waals surface area contributed by atoms with Gasteiger partial charge < -0.3 is 13.9 Å². The van der Waals surface area contributed by atoms with Gasteiger partial charge in [0.15, 0.2) is 0 Å². The number of para-hydroxylation sites is 4. The van der Waals surface area contributed by atoms with Crippen LogP contribution in [0.1, 0.15) is 16.2 Å². The molecule has 0 atom stereocenters. The van der Waals surface area contributed by atoms with Crippen LogP contribution in [0.15, 0.2) is 85.1 Å². The van der Waals surface area contributed by atoms with Crippen LogP contribution in [0.2, 0.25) is 0 Å². The van der Waals surface area contributed by atoms with Gasteiger partial charge in [0.1, 0.15) is 24.7 Å². The van der Waals surface area contributed by atoms with Crippen molar-refractivity contribution in [3.05, 3.63) is 96.4 Å². The molecular weight excluding hydrogens is 430 g/mol. The number of hydrogen-bond donors (Lipinski definition) is 2. The molecule has 0 radical (unpaired) electrons. The first-order chi connectivity index (χ1) is 16.6. The lowest BCUT2D eigenvalue weighted by molar-refractivity contribution is -0.122. The van der Waals surface area contributed by atoms with Gasteiger partial charge in [0.25, 0.3) is 11.8 Å². The number of aromatic nitrogens is 3. The Morgan fingerprint density at radius 1 is 0.882 bits per heavy atom. The summed E-state index contributed by atoms with van der Waals surface area (Å²) in [5, 5.41) is 0.817. The molecule has 0 saturated carbocycles. The van der Waals surface area contributed by atoms with E-state index in [1.54, 1.807) is 10.8 Å². The molecule has 170 valence electrons. The van der Waals surface area contributed by atoms with E-state index >= 15 is 0 Å². The van der Waals surface area contributed by atoms with Gasteiger partial charge in [-0.1, -0.05) is 48.5 Å². The molecule has 8 heteroatoms. The van der Waals surface area contributed by atoms with Crippen molar-refractivity contribution in [1.82, 2.24) is 25.0 Å². The molecule has 2 heterocycles. The number of nitrogens with one attached hydrogen (secondary N) is 2. The van der Waals surface area contributed by atoms with Crippen molar-refractivity contribution in [1.29, 1.82) is 0 Å². The van der Waals surface area contributed by atoms with Gasteiger partial charge in [-0.3, -0.25) is 20.4 Å². The van der Waals surface area contributed by atoms with E-state index in [0.717, 1.165) is 21.9 Å². The van der Waals surface area contributed by atoms with E-state index in [2.05, 4.69) is 15.8 Å². The summed E-state index contributed by atoms with van der Waals surface area (Å²) in [5.41, 5.74) is 8.05. The number of ether oxygens (including phenoxy) is 1. The summed E-state index contributed by atoms with van der Waals surface area (Å²) in [5.74, 6) is 0.569. The molecule has 0 spiro atoms. The van der Waals surface area contributed by atoms with E-state index in [4.69, 9.17) is 4.74 Å². The number of hydrogen-bond acceptors (Lipinski definition) is 4. The van der Waals surface area contributed by atoms with Gasteiger partial charge in [0.2, 0.25) is 0 Å². The number of imidazole rings is 1. The minimum absolute atomic E-state index is 0.0240. The third-order valence-corrected chi connectivity index (χ3v) is 5.60. The molecule has 2 amide bonds. The molecule has 0 saturated heterocycles. The lowest BCUT2D eigenvalue weighted by atomic mass is 10.2. The second-order valence-electron chi connectivity index (χ2n) is 7.88. The monoisotopic (exact) mass is 453 g/mol. The minimum atomic E-state index is -0.381. The lowest BCUT2D eigenvalue weighted by Gasteiger charge is -2.11. The lowest BCUT2D eigenvalue weighted by Crippen LogP contribution is -2.43. The molecule has 5 aromatic rings. The molecule has 0 aliphatic heterocycles. The molecule has 2 N–H and O–H groups in total. The second-order valence-corrected chi connectivity index (χ2v) is 7.88. The zero-order chi connectivity index (χ0) is 23.5. The van der Waals surface area contributed by atoms with Gasteiger partial charge in [0.05, 0.1) is 16.6 Å². The maximum absolute atomic E-state index is 12.8. The van der Waals surface area contributed by atoms with Gasteiger partial charge in [-0.25, -0.2) is 4.98 Å². The quantitative estimate of drug-likeness (QED) is 0.385. The average molecular weight is 454 g/mol. The van der Waals surface area contributed by atoms with Crippen LogP contribution in [-0.2, 0) is 25.0 Å². The largest absolute Gasteiger partial charge is 0.486 e. The van der Waals surface area contributed by atoms with Gasteiger partial charge in [-0.2, -0.15) is 0 Å². The summed E-state index contributed by atoms with van der Waals surface area (Å²) in [7, 11) is 1.88. The van der Waals surface area contributed by atoms with Crippen LogP contribution in [0.4, 0.5) is 0 Å². The van der Waals surface area contributed by atoms with Crippen LogP contribution in [0.25, 0.3) is 21.9 Å². The molecule has 0 aliphatic carbocycles. The maximum atomic E-state index is 12.8. The molecule has 0 unspecified atom stereocenters. The molecule has 0 aliphatic rings. The standard InChI is InChI=1S/C26H23N5O3/c1-30-15-20(19-11-5-7-13-22(19)30)26(33)29-28-25(32)16-31-23-14-8-6-12-21(23)27-24(31)17-34-18-9-3-2-4-10-18/h2-15H,16-17H2,1H3,(H,28,32)(H,29,33). The van der Waals surface area contributed by atoms with Gasteiger partial charge in [-0.05, 0) is 30.3 Å². The molecule has 8 nitrogen and oxygen atoms in total. The highest BCUT2D eigenvalue weighted by atomic mass is 16.5. The normalized spacial score (nSPS) is 11.0. The Morgan fingerprint density at radius 3 is 2.41 bits per heavy atom. The SMILES string of the molecule is Cn1cc(C(=O)NNC(=O)Cn2c(COc3ccccc3)nc3ccccc32)c2ccccc21. The van der Waals surface area contributed by atoms with Crippen molar-refractivity contribution in [3.63, 3.8) is 0 Å². The predicted molar refractivity (Wildman–Crippen MR) is 129 cm³/mol. The number of rotatable bonds is 6. The topological polar surface area (TPSA) is 90.2 Å². The van der Waals surface area contributed by atoms with Crippen LogP contribution in [0, 0.1) is 0 Å². The smallest absolute Gasteiger partial charge is 0.271 e. The average Bonchev–Trinajstić information content (AvgIpc) is 3.39. The predicted octanol–water partition coefficient (Wildman–Crippen LogP) is 3.57. The van der Waals surface area contributed by atoms with Crippen molar-refractivity contribution >= 4 is 33.8 Å². The number of carbonyl (C=O) groups is 2. The minimum Gasteiger partial charge on any atom is -0.486 e. The first-order valence-electron chi connectivity index (χ1n) is 10.9. The van der Waals surface area contributed by atoms with Crippen LogP contribution < -0.4 is 15.6 Å². The number of hydrazine groups is 1. The third kappa shape index (κ3) is 4.21. The Labute approximate surface area is 195 Å². The maximum Gasteiger partial charge on any atom is 0.271 e. The number of amides is 2. The Hall–Kier alpha value is -4.59. The molecule has 0 bridgehead atoms. The van der Waals surface area contributed by atoms with E-state index < -0.39 is 0 Å². The van der Waals surface area contributed by atoms with Crippen molar-refractivity contribution in [2.45, 2.75) is 13.2 Å². The molecule has 0 fully saturated rings. The zero-order valence-corrected chi connectivity index (χ0v) is 18.6. The van der Waals surface area contributed by atoms with Crippen LogP contribution >= 0.6 is 0 Å². The van der Waals surface area contributed by atoms with E-state index in [-0.39, 0.29) is 25.0 Å². The highest BCUT2D eigenvalue weighted by molar-refractivity contribution is 6.07. The van der Waals surface area contributed by atoms with Gasteiger partial charge in [-0.15, -0.1) is 0 Å². The summed E-state index contributed by atoms with van der Waals surface area (Å²) >= 11 is 0. The molecule has 2 aromatic heterocycles. The van der Waals surface area contributed by atoms with Crippen molar-refractivity contribution in [3.8, 4) is 5.75 Å². The first kappa shape index (κ1) is 21.3. The highest BCUT2D eigenvalue weighted by Gasteiger charge is 2.17. The van der Waals surface area contributed by atoms with Crippen molar-refractivity contribution in [2.75, 3.05) is 0 Å². The molecule has 5 rings (SSSR count). The van der Waals surface area contributed by atoms with Crippen LogP contribution in [0.3, 0.4) is 0 Å². The third-order valence-electron chi connectivity index (χ3n) is 5.60. The van der Waals surface area contributed by atoms with Crippen molar-refractivity contribution < 1.29 is 14.3 Å². The fourth-order valence-electron chi connectivity index (χ4n) is 3.98. The van der Waals surface area contributed by atoms with E-state index in [0.29, 0.717) is 17.1 Å². The number of fused-ring (bicyclic) bond motifs is 2. The first-order valence-corrected chi connectivity index (χ1v) is 10.9. The Bertz CT molecular complexity index is 1490. The summed E-state index contributed by atoms with van der Waals surface area (Å²) in [6.45, 7) is 0.179. The molecular formula is C26H23N5O3.